The second kappa shape index (κ2) is 5.96. The number of aliphatic hydroxyl groups is 1. The first-order chi connectivity index (χ1) is 7.79. The van der Waals surface area contributed by atoms with Crippen LogP contribution in [0.1, 0.15) is 12.8 Å². The van der Waals surface area contributed by atoms with Gasteiger partial charge in [0.2, 0.25) is 0 Å². The van der Waals surface area contributed by atoms with Crippen LogP contribution in [0.15, 0.2) is 0 Å². The molecule has 2 saturated heterocycles. The van der Waals surface area contributed by atoms with E-state index in [2.05, 4.69) is 4.90 Å². The molecule has 4 heteroatoms. The lowest BCUT2D eigenvalue weighted by atomic mass is 9.98. The molecule has 0 saturated carbocycles. The van der Waals surface area contributed by atoms with Crippen LogP contribution in [-0.2, 0) is 9.47 Å². The molecule has 2 fully saturated rings. The van der Waals surface area contributed by atoms with Crippen LogP contribution < -0.4 is 0 Å². The standard InChI is InChI=1S/C12H23NO3/c1-15-8-10-2-4-13(6-10)7-11-9-16-5-3-12(11)14/h10-12,14H,2-9H2,1H3. The van der Waals surface area contributed by atoms with E-state index in [1.54, 1.807) is 7.11 Å². The van der Waals surface area contributed by atoms with E-state index >= 15 is 0 Å². The first-order valence-electron chi connectivity index (χ1n) is 6.26. The Morgan fingerprint density at radius 2 is 2.31 bits per heavy atom. The fraction of sp³-hybridized carbons (Fsp3) is 1.00. The molecule has 3 atom stereocenters. The van der Waals surface area contributed by atoms with E-state index in [4.69, 9.17) is 9.47 Å². The highest BCUT2D eigenvalue weighted by Gasteiger charge is 2.29. The van der Waals surface area contributed by atoms with Gasteiger partial charge in [0.15, 0.2) is 0 Å². The maximum Gasteiger partial charge on any atom is 0.0624 e. The molecular weight excluding hydrogens is 206 g/mol. The third-order valence-corrected chi connectivity index (χ3v) is 3.70. The van der Waals surface area contributed by atoms with Gasteiger partial charge in [-0.1, -0.05) is 0 Å². The van der Waals surface area contributed by atoms with Gasteiger partial charge < -0.3 is 19.5 Å². The zero-order chi connectivity index (χ0) is 11.4. The zero-order valence-electron chi connectivity index (χ0n) is 10.1. The number of likely N-dealkylation sites (tertiary alicyclic amines) is 1. The SMILES string of the molecule is COCC1CCN(CC2COCCC2O)C1. The van der Waals surface area contributed by atoms with E-state index in [1.807, 2.05) is 0 Å². The van der Waals surface area contributed by atoms with Crippen molar-refractivity contribution in [3.05, 3.63) is 0 Å². The number of hydrogen-bond donors (Lipinski definition) is 1. The molecule has 2 aliphatic heterocycles. The summed E-state index contributed by atoms with van der Waals surface area (Å²) >= 11 is 0. The smallest absolute Gasteiger partial charge is 0.0624 e. The maximum absolute atomic E-state index is 9.87. The zero-order valence-corrected chi connectivity index (χ0v) is 10.1. The van der Waals surface area contributed by atoms with Crippen molar-refractivity contribution in [1.82, 2.24) is 4.90 Å². The lowest BCUT2D eigenvalue weighted by Gasteiger charge is -2.31. The Kier molecular flexibility index (Phi) is 4.58. The van der Waals surface area contributed by atoms with Crippen molar-refractivity contribution in [3.8, 4) is 0 Å². The van der Waals surface area contributed by atoms with Crippen molar-refractivity contribution in [2.75, 3.05) is 46.6 Å². The number of ether oxygens (including phenoxy) is 2. The Morgan fingerprint density at radius 3 is 3.06 bits per heavy atom. The minimum atomic E-state index is -0.171. The van der Waals surface area contributed by atoms with Crippen LogP contribution in [0.25, 0.3) is 0 Å². The van der Waals surface area contributed by atoms with Crippen molar-refractivity contribution >= 4 is 0 Å². The van der Waals surface area contributed by atoms with Crippen LogP contribution in [-0.4, -0.2) is 62.7 Å². The molecule has 0 amide bonds. The molecule has 2 heterocycles. The summed E-state index contributed by atoms with van der Waals surface area (Å²) in [6, 6.07) is 0. The van der Waals surface area contributed by atoms with Gasteiger partial charge in [0.1, 0.15) is 0 Å². The van der Waals surface area contributed by atoms with Gasteiger partial charge in [0.05, 0.1) is 19.3 Å². The molecule has 2 rings (SSSR count). The van der Waals surface area contributed by atoms with Crippen molar-refractivity contribution in [3.63, 3.8) is 0 Å². The number of hydrogen-bond acceptors (Lipinski definition) is 4. The summed E-state index contributed by atoms with van der Waals surface area (Å²) in [4.78, 5) is 2.44. The van der Waals surface area contributed by atoms with E-state index in [-0.39, 0.29) is 6.10 Å². The molecule has 16 heavy (non-hydrogen) atoms. The predicted molar refractivity (Wildman–Crippen MR) is 61.4 cm³/mol. The average Bonchev–Trinajstić information content (AvgIpc) is 2.70. The van der Waals surface area contributed by atoms with Gasteiger partial charge in [-0.05, 0) is 25.3 Å². The Bertz CT molecular complexity index is 212. The summed E-state index contributed by atoms with van der Waals surface area (Å²) in [6.45, 7) is 5.51. The lowest BCUT2D eigenvalue weighted by molar-refractivity contribution is -0.0451. The largest absolute Gasteiger partial charge is 0.393 e. The van der Waals surface area contributed by atoms with Crippen LogP contribution in [0.5, 0.6) is 0 Å². The molecule has 3 unspecified atom stereocenters. The monoisotopic (exact) mass is 229 g/mol. The van der Waals surface area contributed by atoms with Crippen molar-refractivity contribution in [2.24, 2.45) is 11.8 Å². The fourth-order valence-corrected chi connectivity index (χ4v) is 2.74. The first kappa shape index (κ1) is 12.3. The van der Waals surface area contributed by atoms with Crippen LogP contribution >= 0.6 is 0 Å². The van der Waals surface area contributed by atoms with E-state index < -0.39 is 0 Å². The van der Waals surface area contributed by atoms with E-state index in [0.717, 1.165) is 32.7 Å². The predicted octanol–water partition coefficient (Wildman–Crippen LogP) is 0.352. The number of aliphatic hydroxyl groups excluding tert-OH is 1. The highest BCUT2D eigenvalue weighted by atomic mass is 16.5. The van der Waals surface area contributed by atoms with Crippen molar-refractivity contribution in [1.29, 1.82) is 0 Å². The number of rotatable bonds is 4. The average molecular weight is 229 g/mol. The van der Waals surface area contributed by atoms with Gasteiger partial charge in [-0.15, -0.1) is 0 Å². The minimum absolute atomic E-state index is 0.171. The Balaban J connectivity index is 1.73. The Labute approximate surface area is 97.5 Å². The second-order valence-electron chi connectivity index (χ2n) is 5.06. The van der Waals surface area contributed by atoms with Gasteiger partial charge in [0.25, 0.3) is 0 Å². The summed E-state index contributed by atoms with van der Waals surface area (Å²) < 4.78 is 10.6. The highest BCUT2D eigenvalue weighted by molar-refractivity contribution is 4.81. The van der Waals surface area contributed by atoms with E-state index in [9.17, 15) is 5.11 Å². The van der Waals surface area contributed by atoms with Gasteiger partial charge >= 0.3 is 0 Å². The van der Waals surface area contributed by atoms with Crippen LogP contribution in [0.3, 0.4) is 0 Å². The van der Waals surface area contributed by atoms with E-state index in [1.165, 1.54) is 6.42 Å². The summed E-state index contributed by atoms with van der Waals surface area (Å²) in [6.07, 6.45) is 1.84. The Hall–Kier alpha value is -0.160. The molecule has 0 radical (unpaired) electrons. The molecule has 0 bridgehead atoms. The van der Waals surface area contributed by atoms with Crippen molar-refractivity contribution < 1.29 is 14.6 Å². The van der Waals surface area contributed by atoms with Gasteiger partial charge in [0, 0.05) is 32.7 Å². The normalized spacial score (nSPS) is 36.8. The van der Waals surface area contributed by atoms with Gasteiger partial charge in [-0.2, -0.15) is 0 Å². The summed E-state index contributed by atoms with van der Waals surface area (Å²) in [5, 5.41) is 9.87. The van der Waals surface area contributed by atoms with Crippen molar-refractivity contribution in [2.45, 2.75) is 18.9 Å². The molecule has 0 spiro atoms. The second-order valence-corrected chi connectivity index (χ2v) is 5.06. The minimum Gasteiger partial charge on any atom is -0.393 e. The molecule has 0 aromatic heterocycles. The Morgan fingerprint density at radius 1 is 1.44 bits per heavy atom. The van der Waals surface area contributed by atoms with Crippen LogP contribution in [0, 0.1) is 11.8 Å². The molecule has 1 N–H and O–H groups in total. The highest BCUT2D eigenvalue weighted by Crippen LogP contribution is 2.21. The third-order valence-electron chi connectivity index (χ3n) is 3.70. The van der Waals surface area contributed by atoms with Crippen LogP contribution in [0.2, 0.25) is 0 Å². The van der Waals surface area contributed by atoms with Gasteiger partial charge in [-0.25, -0.2) is 0 Å². The number of nitrogens with zero attached hydrogens (tertiary/aromatic N) is 1. The van der Waals surface area contributed by atoms with E-state index in [0.29, 0.717) is 25.0 Å². The summed E-state index contributed by atoms with van der Waals surface area (Å²) in [5.74, 6) is 0.974. The lowest BCUT2D eigenvalue weighted by Crippen LogP contribution is -2.40. The summed E-state index contributed by atoms with van der Waals surface area (Å²) in [5.41, 5.74) is 0. The molecule has 94 valence electrons. The first-order valence-corrected chi connectivity index (χ1v) is 6.26. The van der Waals surface area contributed by atoms with Crippen LogP contribution in [0.4, 0.5) is 0 Å². The fourth-order valence-electron chi connectivity index (χ4n) is 2.74. The molecule has 0 aliphatic carbocycles. The third kappa shape index (κ3) is 3.17. The topological polar surface area (TPSA) is 41.9 Å². The molecular formula is C12H23NO3. The molecule has 0 aromatic carbocycles. The quantitative estimate of drug-likeness (QED) is 0.755. The molecule has 4 nitrogen and oxygen atoms in total. The number of methoxy groups -OCH3 is 1. The molecule has 0 aromatic rings. The van der Waals surface area contributed by atoms with Gasteiger partial charge in [-0.3, -0.25) is 0 Å². The molecule has 2 aliphatic rings. The maximum atomic E-state index is 9.87. The summed E-state index contributed by atoms with van der Waals surface area (Å²) in [7, 11) is 1.77.